The summed E-state index contributed by atoms with van der Waals surface area (Å²) >= 11 is 0. The average Bonchev–Trinajstić information content (AvgIpc) is 3.62. The zero-order valence-corrected chi connectivity index (χ0v) is 21.4. The number of ether oxygens (including phenoxy) is 3. The van der Waals surface area contributed by atoms with E-state index < -0.39 is 24.3 Å². The Morgan fingerprint density at radius 3 is 2.75 bits per heavy atom. The number of aliphatic hydroxyl groups excluding tert-OH is 2. The Morgan fingerprint density at radius 1 is 1.08 bits per heavy atom. The molecule has 3 heterocycles. The lowest BCUT2D eigenvalue weighted by molar-refractivity contribution is -0.148. The van der Waals surface area contributed by atoms with Gasteiger partial charge in [0.15, 0.2) is 0 Å². The van der Waals surface area contributed by atoms with Gasteiger partial charge in [-0.2, -0.15) is 0 Å². The number of hydrogen-bond acceptors (Lipinski definition) is 6. The Bertz CT molecular complexity index is 873. The van der Waals surface area contributed by atoms with Crippen molar-refractivity contribution in [3.8, 4) is 0 Å². The molecule has 0 amide bonds. The van der Waals surface area contributed by atoms with E-state index in [2.05, 4.69) is 31.7 Å². The van der Waals surface area contributed by atoms with Crippen molar-refractivity contribution in [2.24, 2.45) is 11.8 Å². The first kappa shape index (κ1) is 27.1. The summed E-state index contributed by atoms with van der Waals surface area (Å²) in [6, 6.07) is 0. The van der Waals surface area contributed by atoms with E-state index in [1.165, 1.54) is 6.08 Å². The highest BCUT2D eigenvalue weighted by molar-refractivity contribution is 5.82. The molecule has 1 fully saturated rings. The number of epoxide rings is 1. The van der Waals surface area contributed by atoms with Crippen molar-refractivity contribution in [2.45, 2.75) is 107 Å². The van der Waals surface area contributed by atoms with Crippen LogP contribution >= 0.6 is 0 Å². The maximum absolute atomic E-state index is 12.6. The molecule has 0 aromatic rings. The fourth-order valence-electron chi connectivity index (χ4n) is 5.58. The second-order valence-corrected chi connectivity index (χ2v) is 10.9. The van der Waals surface area contributed by atoms with Crippen LogP contribution in [-0.2, 0) is 19.0 Å². The van der Waals surface area contributed by atoms with Crippen LogP contribution in [0.5, 0.6) is 0 Å². The van der Waals surface area contributed by atoms with Gasteiger partial charge in [0, 0.05) is 12.5 Å². The third-order valence-corrected chi connectivity index (χ3v) is 7.54. The third kappa shape index (κ3) is 8.27. The van der Waals surface area contributed by atoms with Gasteiger partial charge in [-0.05, 0) is 63.2 Å². The minimum atomic E-state index is -0.943. The zero-order chi connectivity index (χ0) is 25.5. The van der Waals surface area contributed by atoms with Crippen molar-refractivity contribution in [1.82, 2.24) is 0 Å². The van der Waals surface area contributed by atoms with Crippen molar-refractivity contribution in [3.63, 3.8) is 0 Å². The molecule has 1 saturated heterocycles. The first-order valence-corrected chi connectivity index (χ1v) is 13.6. The quantitative estimate of drug-likeness (QED) is 0.332. The van der Waals surface area contributed by atoms with E-state index in [0.717, 1.165) is 44.1 Å². The molecule has 1 aliphatic carbocycles. The molecule has 198 valence electrons. The highest BCUT2D eigenvalue weighted by Gasteiger charge is 2.46. The molecule has 36 heavy (non-hydrogen) atoms. The van der Waals surface area contributed by atoms with Crippen LogP contribution in [0.3, 0.4) is 0 Å². The maximum Gasteiger partial charge on any atom is 0.330 e. The number of esters is 1. The lowest BCUT2D eigenvalue weighted by Gasteiger charge is -2.28. The van der Waals surface area contributed by atoms with Crippen LogP contribution in [0.15, 0.2) is 60.8 Å². The Hall–Kier alpha value is -1.99. The minimum Gasteiger partial charge on any atom is -0.456 e. The van der Waals surface area contributed by atoms with Gasteiger partial charge in [-0.25, -0.2) is 4.79 Å². The molecule has 4 rings (SSSR count). The van der Waals surface area contributed by atoms with Crippen LogP contribution in [-0.4, -0.2) is 58.9 Å². The fourth-order valence-corrected chi connectivity index (χ4v) is 5.58. The standard InChI is InChI=1S/C30H42O6/c1-20-16-21(2)18-26(32)30-28(36-30)19-27(25(31)15-14-22-8-4-3-5-9-22)35-29(33)13-7-11-23-10-6-12-24(17-20)34-23/h3-4,6-7,10,13-15,20,22-28,30-32H,2,5,8-9,11-12,16-19H2,1H3/b13-7-,15-14+/t20-,22?,23-,24-,25-,26-,27-,28-,30-/m0/s1. The summed E-state index contributed by atoms with van der Waals surface area (Å²) in [5.74, 6) is 0.283. The van der Waals surface area contributed by atoms with Crippen LogP contribution in [0, 0.1) is 11.8 Å². The molecule has 0 saturated carbocycles. The molecular weight excluding hydrogens is 456 g/mol. The summed E-state index contributed by atoms with van der Waals surface area (Å²) in [6.45, 7) is 6.39. The van der Waals surface area contributed by atoms with Gasteiger partial charge < -0.3 is 24.4 Å². The van der Waals surface area contributed by atoms with Gasteiger partial charge in [0.1, 0.15) is 18.3 Å². The Morgan fingerprint density at radius 2 is 1.94 bits per heavy atom. The number of hydrogen-bond donors (Lipinski definition) is 2. The van der Waals surface area contributed by atoms with E-state index in [9.17, 15) is 15.0 Å². The van der Waals surface area contributed by atoms with Gasteiger partial charge in [-0.1, -0.05) is 61.6 Å². The smallest absolute Gasteiger partial charge is 0.330 e. The van der Waals surface area contributed by atoms with Gasteiger partial charge in [-0.3, -0.25) is 0 Å². The predicted molar refractivity (Wildman–Crippen MR) is 139 cm³/mol. The molecule has 0 spiro atoms. The first-order chi connectivity index (χ1) is 17.4. The third-order valence-electron chi connectivity index (χ3n) is 7.54. The fraction of sp³-hybridized carbons (Fsp3) is 0.633. The van der Waals surface area contributed by atoms with E-state index in [-0.39, 0.29) is 24.4 Å². The van der Waals surface area contributed by atoms with Crippen LogP contribution in [0.1, 0.15) is 64.7 Å². The summed E-state index contributed by atoms with van der Waals surface area (Å²) in [4.78, 5) is 12.6. The minimum absolute atomic E-state index is 0.0709. The molecule has 6 heteroatoms. The lowest BCUT2D eigenvalue weighted by Crippen LogP contribution is -2.32. The van der Waals surface area contributed by atoms with Crippen LogP contribution in [0.2, 0.25) is 0 Å². The zero-order valence-electron chi connectivity index (χ0n) is 21.4. The summed E-state index contributed by atoms with van der Waals surface area (Å²) in [6.07, 6.45) is 19.7. The molecule has 0 aromatic heterocycles. The lowest BCUT2D eigenvalue weighted by atomic mass is 9.90. The number of cyclic esters (lactones) is 1. The summed E-state index contributed by atoms with van der Waals surface area (Å²) in [7, 11) is 0. The molecule has 2 N–H and O–H groups in total. The van der Waals surface area contributed by atoms with E-state index in [1.807, 2.05) is 12.2 Å². The Kier molecular flexibility index (Phi) is 9.77. The van der Waals surface area contributed by atoms with Gasteiger partial charge in [0.05, 0.1) is 24.4 Å². The number of aliphatic hydroxyl groups is 2. The van der Waals surface area contributed by atoms with Gasteiger partial charge >= 0.3 is 5.97 Å². The second kappa shape index (κ2) is 13.0. The molecule has 0 radical (unpaired) electrons. The summed E-state index contributed by atoms with van der Waals surface area (Å²) < 4.78 is 17.7. The molecule has 0 aromatic carbocycles. The van der Waals surface area contributed by atoms with E-state index in [4.69, 9.17) is 14.2 Å². The Balaban J connectivity index is 1.44. The highest BCUT2D eigenvalue weighted by atomic mass is 16.6. The SMILES string of the molecule is C=C1C[C@H](C)C[C@@H]2CC=C[C@@H](C/C=C\C(=O)O[C@H]([C@@H](O)/C=C/C3CC=CCC3)C[C@@H]3O[C@H]3[C@@H](O)C1)O2. The van der Waals surface area contributed by atoms with Gasteiger partial charge in [0.25, 0.3) is 0 Å². The maximum atomic E-state index is 12.6. The molecular formula is C30H42O6. The number of carbonyl (C=O) groups excluding carboxylic acids is 1. The van der Waals surface area contributed by atoms with Gasteiger partial charge in [0.2, 0.25) is 0 Å². The van der Waals surface area contributed by atoms with E-state index >= 15 is 0 Å². The normalized spacial score (nSPS) is 40.1. The van der Waals surface area contributed by atoms with E-state index in [1.54, 1.807) is 12.2 Å². The van der Waals surface area contributed by atoms with Gasteiger partial charge in [-0.15, -0.1) is 0 Å². The van der Waals surface area contributed by atoms with Crippen molar-refractivity contribution in [1.29, 1.82) is 0 Å². The summed E-state index contributed by atoms with van der Waals surface area (Å²) in [5.41, 5.74) is 1.00. The topological polar surface area (TPSA) is 88.5 Å². The molecule has 4 aliphatic rings. The molecule has 2 bridgehead atoms. The van der Waals surface area contributed by atoms with Crippen molar-refractivity contribution in [2.75, 3.05) is 0 Å². The van der Waals surface area contributed by atoms with Crippen molar-refractivity contribution in [3.05, 3.63) is 60.8 Å². The molecule has 9 atom stereocenters. The number of allylic oxidation sites excluding steroid dienone is 3. The van der Waals surface area contributed by atoms with Crippen LogP contribution in [0.25, 0.3) is 0 Å². The highest BCUT2D eigenvalue weighted by Crippen LogP contribution is 2.35. The van der Waals surface area contributed by atoms with Crippen LogP contribution in [0.4, 0.5) is 0 Å². The number of carbonyl (C=O) groups is 1. The molecule has 6 nitrogen and oxygen atoms in total. The monoisotopic (exact) mass is 498 g/mol. The average molecular weight is 499 g/mol. The molecule has 3 aliphatic heterocycles. The largest absolute Gasteiger partial charge is 0.456 e. The van der Waals surface area contributed by atoms with Crippen molar-refractivity contribution < 1.29 is 29.2 Å². The Labute approximate surface area is 215 Å². The first-order valence-electron chi connectivity index (χ1n) is 13.6. The number of rotatable bonds is 3. The second-order valence-electron chi connectivity index (χ2n) is 10.9. The summed E-state index contributed by atoms with van der Waals surface area (Å²) in [5, 5.41) is 21.6. The number of fused-ring (bicyclic) bond motifs is 3. The van der Waals surface area contributed by atoms with Crippen molar-refractivity contribution >= 4 is 5.97 Å². The van der Waals surface area contributed by atoms with E-state index in [0.29, 0.717) is 31.1 Å². The predicted octanol–water partition coefficient (Wildman–Crippen LogP) is 4.73. The van der Waals surface area contributed by atoms with Crippen LogP contribution < -0.4 is 0 Å². The molecule has 1 unspecified atom stereocenters.